The standard InChI is InChI=1S/C26H31ClN6O3/c1-18(26(35)28-21-9-4-3-5-10-21)32(16-20-8-6-7-11-23(20)27)24(34)17-33-30-25(29-31-33)19-12-14-22(36-2)15-13-19/h6-8,11-15,18,21H,3-5,9-10,16-17H2,1-2H3,(H,28,35)/t18-/m0/s1. The van der Waals surface area contributed by atoms with E-state index >= 15 is 0 Å². The first-order valence-corrected chi connectivity index (χ1v) is 12.6. The summed E-state index contributed by atoms with van der Waals surface area (Å²) in [7, 11) is 1.60. The molecule has 1 atom stereocenters. The lowest BCUT2D eigenvalue weighted by molar-refractivity contribution is -0.141. The number of methoxy groups -OCH3 is 1. The van der Waals surface area contributed by atoms with Crippen LogP contribution < -0.4 is 10.1 Å². The molecule has 1 heterocycles. The Morgan fingerprint density at radius 1 is 1.14 bits per heavy atom. The van der Waals surface area contributed by atoms with E-state index in [0.29, 0.717) is 10.8 Å². The number of benzene rings is 2. The molecule has 190 valence electrons. The van der Waals surface area contributed by atoms with Crippen LogP contribution in [-0.4, -0.2) is 56.1 Å². The van der Waals surface area contributed by atoms with Crippen LogP contribution in [-0.2, 0) is 22.7 Å². The zero-order valence-corrected chi connectivity index (χ0v) is 21.3. The van der Waals surface area contributed by atoms with Crippen LogP contribution in [0.4, 0.5) is 0 Å². The number of tetrazole rings is 1. The lowest BCUT2D eigenvalue weighted by atomic mass is 9.95. The number of carbonyl (C=O) groups is 2. The number of hydrogen-bond donors (Lipinski definition) is 1. The molecule has 0 radical (unpaired) electrons. The van der Waals surface area contributed by atoms with Crippen molar-refractivity contribution in [2.24, 2.45) is 0 Å². The van der Waals surface area contributed by atoms with Gasteiger partial charge in [0.05, 0.1) is 7.11 Å². The average molecular weight is 511 g/mol. The van der Waals surface area contributed by atoms with E-state index in [1.165, 1.54) is 16.1 Å². The fourth-order valence-corrected chi connectivity index (χ4v) is 4.53. The highest BCUT2D eigenvalue weighted by atomic mass is 35.5. The number of amides is 2. The average Bonchev–Trinajstić information content (AvgIpc) is 3.36. The van der Waals surface area contributed by atoms with Gasteiger partial charge in [0, 0.05) is 23.2 Å². The van der Waals surface area contributed by atoms with Gasteiger partial charge in [-0.2, -0.15) is 4.80 Å². The molecule has 1 aliphatic rings. The van der Waals surface area contributed by atoms with Crippen LogP contribution in [0.1, 0.15) is 44.6 Å². The van der Waals surface area contributed by atoms with Gasteiger partial charge in [-0.1, -0.05) is 49.1 Å². The van der Waals surface area contributed by atoms with Crippen molar-refractivity contribution in [1.82, 2.24) is 30.4 Å². The molecule has 0 aliphatic heterocycles. The van der Waals surface area contributed by atoms with Crippen molar-refractivity contribution >= 4 is 23.4 Å². The van der Waals surface area contributed by atoms with Crippen LogP contribution >= 0.6 is 11.6 Å². The molecule has 3 aromatic rings. The Morgan fingerprint density at radius 2 is 1.86 bits per heavy atom. The Hall–Kier alpha value is -3.46. The quantitative estimate of drug-likeness (QED) is 0.469. The van der Waals surface area contributed by atoms with Gasteiger partial charge < -0.3 is 15.0 Å². The summed E-state index contributed by atoms with van der Waals surface area (Å²) in [5.74, 6) is 0.635. The fraction of sp³-hybridized carbons (Fsp3) is 0.423. The zero-order valence-electron chi connectivity index (χ0n) is 20.6. The minimum Gasteiger partial charge on any atom is -0.497 e. The predicted molar refractivity (Wildman–Crippen MR) is 136 cm³/mol. The first-order valence-electron chi connectivity index (χ1n) is 12.2. The SMILES string of the molecule is COc1ccc(-c2nnn(CC(=O)N(Cc3ccccc3Cl)[C@@H](C)C(=O)NC3CCCCC3)n2)cc1. The van der Waals surface area contributed by atoms with E-state index in [4.69, 9.17) is 16.3 Å². The highest BCUT2D eigenvalue weighted by molar-refractivity contribution is 6.31. The molecular formula is C26H31ClN6O3. The first kappa shape index (κ1) is 25.6. The van der Waals surface area contributed by atoms with Gasteiger partial charge in [0.25, 0.3) is 0 Å². The van der Waals surface area contributed by atoms with Crippen molar-refractivity contribution in [3.05, 3.63) is 59.1 Å². The summed E-state index contributed by atoms with van der Waals surface area (Å²) >= 11 is 6.38. The molecule has 4 rings (SSSR count). The van der Waals surface area contributed by atoms with Gasteiger partial charge >= 0.3 is 0 Å². The zero-order chi connectivity index (χ0) is 25.5. The largest absolute Gasteiger partial charge is 0.497 e. The lowest BCUT2D eigenvalue weighted by Gasteiger charge is -2.31. The molecule has 1 fully saturated rings. The summed E-state index contributed by atoms with van der Waals surface area (Å²) in [4.78, 5) is 29.3. The Labute approximate surface area is 215 Å². The maximum atomic E-state index is 13.5. The third kappa shape index (κ3) is 6.40. The summed E-state index contributed by atoms with van der Waals surface area (Å²) in [5.41, 5.74) is 1.51. The molecule has 10 heteroatoms. The normalized spacial score (nSPS) is 14.8. The minimum absolute atomic E-state index is 0.148. The Balaban J connectivity index is 1.50. The van der Waals surface area contributed by atoms with Crippen LogP contribution in [0.5, 0.6) is 5.75 Å². The van der Waals surface area contributed by atoms with Gasteiger partial charge in [-0.05, 0) is 60.9 Å². The number of halogens is 1. The molecule has 9 nitrogen and oxygen atoms in total. The Bertz CT molecular complexity index is 1180. The number of nitrogens with zero attached hydrogens (tertiary/aromatic N) is 5. The first-order chi connectivity index (χ1) is 17.4. The number of rotatable bonds is 9. The smallest absolute Gasteiger partial charge is 0.247 e. The maximum absolute atomic E-state index is 13.5. The van der Waals surface area contributed by atoms with Gasteiger partial charge in [0.15, 0.2) is 0 Å². The van der Waals surface area contributed by atoms with Gasteiger partial charge in [-0.3, -0.25) is 9.59 Å². The van der Waals surface area contributed by atoms with E-state index in [9.17, 15) is 9.59 Å². The van der Waals surface area contributed by atoms with Crippen molar-refractivity contribution in [2.75, 3.05) is 7.11 Å². The molecule has 1 saturated carbocycles. The monoisotopic (exact) mass is 510 g/mol. The molecule has 0 unspecified atom stereocenters. The van der Waals surface area contributed by atoms with Crippen molar-refractivity contribution in [3.63, 3.8) is 0 Å². The van der Waals surface area contributed by atoms with E-state index in [1.807, 2.05) is 30.3 Å². The van der Waals surface area contributed by atoms with Gasteiger partial charge in [-0.25, -0.2) is 0 Å². The van der Waals surface area contributed by atoms with E-state index in [1.54, 1.807) is 32.2 Å². The van der Waals surface area contributed by atoms with Gasteiger partial charge in [-0.15, -0.1) is 10.2 Å². The third-order valence-electron chi connectivity index (χ3n) is 6.50. The molecule has 1 N–H and O–H groups in total. The molecule has 2 aromatic carbocycles. The summed E-state index contributed by atoms with van der Waals surface area (Å²) in [6, 6.07) is 14.0. The van der Waals surface area contributed by atoms with E-state index in [0.717, 1.165) is 42.6 Å². The van der Waals surface area contributed by atoms with Crippen LogP contribution in [0.15, 0.2) is 48.5 Å². The summed E-state index contributed by atoms with van der Waals surface area (Å²) < 4.78 is 5.18. The summed E-state index contributed by atoms with van der Waals surface area (Å²) in [6.45, 7) is 1.77. The maximum Gasteiger partial charge on any atom is 0.247 e. The highest BCUT2D eigenvalue weighted by Crippen LogP contribution is 2.21. The van der Waals surface area contributed by atoms with Crippen LogP contribution in [0.3, 0.4) is 0 Å². The molecule has 0 bridgehead atoms. The number of carbonyl (C=O) groups excluding carboxylic acids is 2. The molecular weight excluding hydrogens is 480 g/mol. The minimum atomic E-state index is -0.694. The van der Waals surface area contributed by atoms with Crippen LogP contribution in [0, 0.1) is 0 Å². The van der Waals surface area contributed by atoms with Crippen molar-refractivity contribution < 1.29 is 14.3 Å². The number of nitrogens with one attached hydrogen (secondary N) is 1. The number of hydrogen-bond acceptors (Lipinski definition) is 6. The van der Waals surface area contributed by atoms with Gasteiger partial charge in [0.2, 0.25) is 17.6 Å². The van der Waals surface area contributed by atoms with Gasteiger partial charge in [0.1, 0.15) is 18.3 Å². The second-order valence-corrected chi connectivity index (χ2v) is 9.41. The summed E-state index contributed by atoms with van der Waals surface area (Å²) in [6.07, 6.45) is 5.34. The van der Waals surface area contributed by atoms with E-state index in [2.05, 4.69) is 20.7 Å². The lowest BCUT2D eigenvalue weighted by Crippen LogP contribution is -2.51. The summed E-state index contributed by atoms with van der Waals surface area (Å²) in [5, 5.41) is 16.2. The number of ether oxygens (including phenoxy) is 1. The third-order valence-corrected chi connectivity index (χ3v) is 6.86. The van der Waals surface area contributed by atoms with E-state index in [-0.39, 0.29) is 30.9 Å². The molecule has 2 amide bonds. The molecule has 0 spiro atoms. The number of aromatic nitrogens is 4. The van der Waals surface area contributed by atoms with E-state index < -0.39 is 6.04 Å². The second-order valence-electron chi connectivity index (χ2n) is 9.00. The van der Waals surface area contributed by atoms with Crippen molar-refractivity contribution in [3.8, 4) is 17.1 Å². The van der Waals surface area contributed by atoms with Crippen molar-refractivity contribution in [2.45, 2.75) is 64.2 Å². The van der Waals surface area contributed by atoms with Crippen LogP contribution in [0.25, 0.3) is 11.4 Å². The Kier molecular flexibility index (Phi) is 8.53. The molecule has 0 saturated heterocycles. The second kappa shape index (κ2) is 12.0. The molecule has 1 aromatic heterocycles. The Morgan fingerprint density at radius 3 is 2.56 bits per heavy atom. The molecule has 36 heavy (non-hydrogen) atoms. The topological polar surface area (TPSA) is 102 Å². The van der Waals surface area contributed by atoms with Crippen LogP contribution in [0.2, 0.25) is 5.02 Å². The fourth-order valence-electron chi connectivity index (χ4n) is 4.34. The van der Waals surface area contributed by atoms with Crippen molar-refractivity contribution in [1.29, 1.82) is 0 Å². The predicted octanol–water partition coefficient (Wildman–Crippen LogP) is 3.87. The highest BCUT2D eigenvalue weighted by Gasteiger charge is 2.29. The molecule has 1 aliphatic carbocycles.